The van der Waals surface area contributed by atoms with Crippen molar-refractivity contribution in [3.8, 4) is 0 Å². The molecule has 0 amide bonds. The van der Waals surface area contributed by atoms with Crippen LogP contribution in [0, 0.1) is 0 Å². The minimum Gasteiger partial charge on any atom is -0.397 e. The van der Waals surface area contributed by atoms with E-state index in [9.17, 15) is 0 Å². The molecule has 3 nitrogen and oxygen atoms in total. The maximum absolute atomic E-state index is 6.01. The summed E-state index contributed by atoms with van der Waals surface area (Å²) in [6.07, 6.45) is 3.84. The van der Waals surface area contributed by atoms with Crippen molar-refractivity contribution in [2.24, 2.45) is 0 Å². The van der Waals surface area contributed by atoms with Crippen LogP contribution in [-0.2, 0) is 0 Å². The van der Waals surface area contributed by atoms with E-state index in [1.54, 1.807) is 0 Å². The van der Waals surface area contributed by atoms with E-state index in [2.05, 4.69) is 10.2 Å². The number of fused-ring (bicyclic) bond motifs is 1. The molecule has 1 aromatic rings. The van der Waals surface area contributed by atoms with Crippen LogP contribution in [0.25, 0.3) is 0 Å². The Hall–Kier alpha value is -0.930. The van der Waals surface area contributed by atoms with E-state index in [1.165, 1.54) is 32.4 Å². The summed E-state index contributed by atoms with van der Waals surface area (Å²) in [7, 11) is 0. The second kappa shape index (κ2) is 4.39. The Bertz CT molecular complexity index is 421. The van der Waals surface area contributed by atoms with Crippen LogP contribution in [0.4, 0.5) is 11.4 Å². The summed E-state index contributed by atoms with van der Waals surface area (Å²) in [5, 5.41) is 4.31. The van der Waals surface area contributed by atoms with E-state index in [1.807, 2.05) is 18.2 Å². The van der Waals surface area contributed by atoms with Gasteiger partial charge in [-0.25, -0.2) is 0 Å². The molecule has 2 fully saturated rings. The number of halogens is 1. The number of nitrogens with zero attached hydrogens (tertiary/aromatic N) is 1. The maximum atomic E-state index is 6.01. The predicted molar refractivity (Wildman–Crippen MR) is 72.5 cm³/mol. The van der Waals surface area contributed by atoms with Gasteiger partial charge in [0.2, 0.25) is 0 Å². The minimum atomic E-state index is 0.526. The number of anilines is 2. The Labute approximate surface area is 107 Å². The molecule has 2 aliphatic rings. The van der Waals surface area contributed by atoms with E-state index in [-0.39, 0.29) is 0 Å². The van der Waals surface area contributed by atoms with Gasteiger partial charge in [-0.15, -0.1) is 0 Å². The molecule has 0 saturated carbocycles. The zero-order chi connectivity index (χ0) is 11.8. The molecule has 0 aliphatic carbocycles. The van der Waals surface area contributed by atoms with E-state index < -0.39 is 0 Å². The van der Waals surface area contributed by atoms with Crippen LogP contribution in [0.1, 0.15) is 19.3 Å². The van der Waals surface area contributed by atoms with Crippen molar-refractivity contribution in [3.63, 3.8) is 0 Å². The lowest BCUT2D eigenvalue weighted by molar-refractivity contribution is 0.318. The smallest absolute Gasteiger partial charge is 0.0591 e. The lowest BCUT2D eigenvalue weighted by Gasteiger charge is -2.23. The number of benzene rings is 1. The standard InChI is InChI=1S/C13H18ClN3/c14-9-3-4-10(15)12(8-9)16-11-5-7-17-6-1-2-13(11)17/h3-4,8,11,13,16H,1-2,5-7,15H2. The summed E-state index contributed by atoms with van der Waals surface area (Å²) in [4.78, 5) is 2.58. The summed E-state index contributed by atoms with van der Waals surface area (Å²) >= 11 is 6.01. The van der Waals surface area contributed by atoms with Crippen LogP contribution in [-0.4, -0.2) is 30.1 Å². The van der Waals surface area contributed by atoms with Crippen LogP contribution in [0.15, 0.2) is 18.2 Å². The van der Waals surface area contributed by atoms with Crippen molar-refractivity contribution in [1.29, 1.82) is 0 Å². The molecule has 0 radical (unpaired) electrons. The molecule has 17 heavy (non-hydrogen) atoms. The fourth-order valence-corrected chi connectivity index (χ4v) is 3.28. The fraction of sp³-hybridized carbons (Fsp3) is 0.538. The zero-order valence-electron chi connectivity index (χ0n) is 9.82. The Morgan fingerprint density at radius 1 is 1.29 bits per heavy atom. The predicted octanol–water partition coefficient (Wildman–Crippen LogP) is 2.57. The molecule has 2 aliphatic heterocycles. The average molecular weight is 252 g/mol. The summed E-state index contributed by atoms with van der Waals surface area (Å²) in [6.45, 7) is 2.47. The highest BCUT2D eigenvalue weighted by atomic mass is 35.5. The summed E-state index contributed by atoms with van der Waals surface area (Å²) in [5.41, 5.74) is 7.74. The highest BCUT2D eigenvalue weighted by Gasteiger charge is 2.37. The number of rotatable bonds is 2. The van der Waals surface area contributed by atoms with Crippen molar-refractivity contribution in [1.82, 2.24) is 4.90 Å². The monoisotopic (exact) mass is 251 g/mol. The van der Waals surface area contributed by atoms with Gasteiger partial charge in [-0.1, -0.05) is 11.6 Å². The first kappa shape index (κ1) is 11.2. The number of nitrogens with two attached hydrogens (primary N) is 1. The van der Waals surface area contributed by atoms with Crippen molar-refractivity contribution in [3.05, 3.63) is 23.2 Å². The molecule has 0 aromatic heterocycles. The molecule has 3 rings (SSSR count). The van der Waals surface area contributed by atoms with E-state index >= 15 is 0 Å². The lowest BCUT2D eigenvalue weighted by atomic mass is 10.1. The molecule has 4 heteroatoms. The van der Waals surface area contributed by atoms with E-state index in [0.29, 0.717) is 12.1 Å². The fourth-order valence-electron chi connectivity index (χ4n) is 3.10. The quantitative estimate of drug-likeness (QED) is 0.794. The van der Waals surface area contributed by atoms with E-state index in [0.717, 1.165) is 16.4 Å². The Morgan fingerprint density at radius 2 is 2.18 bits per heavy atom. The normalized spacial score (nSPS) is 28.3. The van der Waals surface area contributed by atoms with Gasteiger partial charge in [0, 0.05) is 23.7 Å². The highest BCUT2D eigenvalue weighted by molar-refractivity contribution is 6.31. The zero-order valence-corrected chi connectivity index (χ0v) is 10.6. The molecule has 2 heterocycles. The molecule has 0 spiro atoms. The van der Waals surface area contributed by atoms with Gasteiger partial charge in [-0.05, 0) is 44.0 Å². The van der Waals surface area contributed by atoms with Crippen molar-refractivity contribution in [2.45, 2.75) is 31.3 Å². The third-order valence-electron chi connectivity index (χ3n) is 3.96. The molecule has 2 atom stereocenters. The maximum Gasteiger partial charge on any atom is 0.0591 e. The highest BCUT2D eigenvalue weighted by Crippen LogP contribution is 2.32. The van der Waals surface area contributed by atoms with Crippen LogP contribution in [0.2, 0.25) is 5.02 Å². The van der Waals surface area contributed by atoms with Gasteiger partial charge in [0.15, 0.2) is 0 Å². The molecule has 92 valence electrons. The third kappa shape index (κ3) is 2.09. The second-order valence-corrected chi connectivity index (χ2v) is 5.45. The van der Waals surface area contributed by atoms with Crippen molar-refractivity contribution in [2.75, 3.05) is 24.1 Å². The minimum absolute atomic E-state index is 0.526. The summed E-state index contributed by atoms with van der Waals surface area (Å²) < 4.78 is 0. The molecular formula is C13H18ClN3. The lowest BCUT2D eigenvalue weighted by Crippen LogP contribution is -2.33. The van der Waals surface area contributed by atoms with Gasteiger partial charge < -0.3 is 11.1 Å². The van der Waals surface area contributed by atoms with Gasteiger partial charge >= 0.3 is 0 Å². The van der Waals surface area contributed by atoms with Crippen molar-refractivity contribution < 1.29 is 0 Å². The van der Waals surface area contributed by atoms with E-state index in [4.69, 9.17) is 17.3 Å². The number of nitrogen functional groups attached to an aromatic ring is 1. The number of hydrogen-bond acceptors (Lipinski definition) is 3. The number of nitrogens with one attached hydrogen (secondary N) is 1. The molecule has 2 unspecified atom stereocenters. The van der Waals surface area contributed by atoms with Gasteiger partial charge in [-0.3, -0.25) is 4.90 Å². The van der Waals surface area contributed by atoms with Crippen molar-refractivity contribution >= 4 is 23.0 Å². The molecule has 1 aromatic carbocycles. The van der Waals surface area contributed by atoms with Crippen LogP contribution in [0.5, 0.6) is 0 Å². The Kier molecular flexibility index (Phi) is 2.89. The SMILES string of the molecule is Nc1ccc(Cl)cc1NC1CCN2CCCC12. The van der Waals surface area contributed by atoms with Crippen LogP contribution < -0.4 is 11.1 Å². The Morgan fingerprint density at radius 3 is 3.06 bits per heavy atom. The summed E-state index contributed by atoms with van der Waals surface area (Å²) in [6, 6.07) is 6.84. The first-order valence-corrected chi connectivity index (χ1v) is 6.67. The topological polar surface area (TPSA) is 41.3 Å². The van der Waals surface area contributed by atoms with Crippen LogP contribution in [0.3, 0.4) is 0 Å². The first-order valence-electron chi connectivity index (χ1n) is 6.29. The van der Waals surface area contributed by atoms with Gasteiger partial charge in [-0.2, -0.15) is 0 Å². The average Bonchev–Trinajstić information content (AvgIpc) is 2.88. The molecule has 2 saturated heterocycles. The van der Waals surface area contributed by atoms with Gasteiger partial charge in [0.25, 0.3) is 0 Å². The van der Waals surface area contributed by atoms with Gasteiger partial charge in [0.05, 0.1) is 11.4 Å². The molecule has 3 N–H and O–H groups in total. The van der Waals surface area contributed by atoms with Gasteiger partial charge in [0.1, 0.15) is 0 Å². The molecule has 0 bridgehead atoms. The first-order chi connectivity index (χ1) is 8.24. The summed E-state index contributed by atoms with van der Waals surface area (Å²) in [5.74, 6) is 0. The third-order valence-corrected chi connectivity index (χ3v) is 4.20. The number of hydrogen-bond donors (Lipinski definition) is 2. The molecular weight excluding hydrogens is 234 g/mol. The van der Waals surface area contributed by atoms with Crippen LogP contribution >= 0.6 is 11.6 Å². The largest absolute Gasteiger partial charge is 0.397 e. The Balaban J connectivity index is 1.76. The second-order valence-electron chi connectivity index (χ2n) is 5.02.